The number of alkyl halides is 1. The summed E-state index contributed by atoms with van der Waals surface area (Å²) in [7, 11) is 0. The molecule has 0 aliphatic rings. The van der Waals surface area contributed by atoms with Crippen LogP contribution >= 0.6 is 23.2 Å². The molecule has 1 atom stereocenters. The lowest BCUT2D eigenvalue weighted by Crippen LogP contribution is -1.97. The van der Waals surface area contributed by atoms with Crippen molar-refractivity contribution in [3.63, 3.8) is 0 Å². The Kier molecular flexibility index (Phi) is 4.63. The van der Waals surface area contributed by atoms with E-state index in [9.17, 15) is 10.1 Å². The number of nitrogens with zero attached hydrogens (tertiary/aromatic N) is 1. The van der Waals surface area contributed by atoms with Crippen molar-refractivity contribution < 1.29 is 4.92 Å². The summed E-state index contributed by atoms with van der Waals surface area (Å²) in [4.78, 5) is 10.2. The first-order chi connectivity index (χ1) is 9.47. The number of hydrogen-bond donors (Lipinski definition) is 0. The first-order valence-electron chi connectivity index (χ1n) is 6.11. The van der Waals surface area contributed by atoms with Gasteiger partial charge in [0.1, 0.15) is 0 Å². The maximum Gasteiger partial charge on any atom is 0.269 e. The van der Waals surface area contributed by atoms with Crippen LogP contribution in [-0.2, 0) is 6.42 Å². The Morgan fingerprint density at radius 1 is 1.20 bits per heavy atom. The Balaban J connectivity index is 2.12. The highest BCUT2D eigenvalue weighted by molar-refractivity contribution is 6.31. The summed E-state index contributed by atoms with van der Waals surface area (Å²) in [5.41, 5.74) is 2.99. The highest BCUT2D eigenvalue weighted by atomic mass is 35.5. The van der Waals surface area contributed by atoms with Crippen molar-refractivity contribution in [1.29, 1.82) is 0 Å². The Labute approximate surface area is 127 Å². The van der Waals surface area contributed by atoms with Crippen LogP contribution in [0.2, 0.25) is 5.02 Å². The molecule has 0 aliphatic heterocycles. The van der Waals surface area contributed by atoms with Crippen LogP contribution in [0.3, 0.4) is 0 Å². The van der Waals surface area contributed by atoms with Gasteiger partial charge >= 0.3 is 0 Å². The van der Waals surface area contributed by atoms with Crippen LogP contribution in [0.1, 0.15) is 22.1 Å². The van der Waals surface area contributed by atoms with E-state index in [0.717, 1.165) is 16.7 Å². The molecule has 0 amide bonds. The largest absolute Gasteiger partial charge is 0.269 e. The van der Waals surface area contributed by atoms with E-state index in [0.29, 0.717) is 11.4 Å². The lowest BCUT2D eigenvalue weighted by atomic mass is 10.0. The first-order valence-corrected chi connectivity index (χ1v) is 6.92. The van der Waals surface area contributed by atoms with Crippen molar-refractivity contribution in [1.82, 2.24) is 0 Å². The monoisotopic (exact) mass is 309 g/mol. The molecular formula is C15H13Cl2NO2. The quantitative estimate of drug-likeness (QED) is 0.449. The highest BCUT2D eigenvalue weighted by Gasteiger charge is 2.11. The van der Waals surface area contributed by atoms with E-state index in [2.05, 4.69) is 0 Å². The second kappa shape index (κ2) is 6.25. The van der Waals surface area contributed by atoms with E-state index in [1.165, 1.54) is 12.1 Å². The Bertz CT molecular complexity index is 626. The zero-order valence-corrected chi connectivity index (χ0v) is 12.4. The van der Waals surface area contributed by atoms with Crippen molar-refractivity contribution in [2.75, 3.05) is 0 Å². The molecule has 3 nitrogen and oxygen atoms in total. The van der Waals surface area contributed by atoms with E-state index in [-0.39, 0.29) is 11.1 Å². The van der Waals surface area contributed by atoms with E-state index >= 15 is 0 Å². The molecule has 0 aromatic heterocycles. The third-order valence-electron chi connectivity index (χ3n) is 3.12. The number of non-ortho nitro benzene ring substituents is 1. The first kappa shape index (κ1) is 14.8. The van der Waals surface area contributed by atoms with E-state index in [1.54, 1.807) is 12.1 Å². The van der Waals surface area contributed by atoms with Crippen LogP contribution in [-0.4, -0.2) is 4.92 Å². The molecule has 0 heterocycles. The molecule has 2 aromatic carbocycles. The van der Waals surface area contributed by atoms with E-state index in [4.69, 9.17) is 23.2 Å². The number of rotatable bonds is 4. The van der Waals surface area contributed by atoms with Crippen molar-refractivity contribution >= 4 is 28.9 Å². The fourth-order valence-corrected chi connectivity index (χ4v) is 2.39. The van der Waals surface area contributed by atoms with Crippen molar-refractivity contribution in [2.24, 2.45) is 0 Å². The van der Waals surface area contributed by atoms with Crippen LogP contribution in [0.15, 0.2) is 42.5 Å². The van der Waals surface area contributed by atoms with Gasteiger partial charge in [0.25, 0.3) is 5.69 Å². The number of nitro groups is 1. The molecule has 5 heteroatoms. The normalized spacial score (nSPS) is 12.2. The predicted octanol–water partition coefficient (Wildman–Crippen LogP) is 5.08. The molecule has 0 fully saturated rings. The average molecular weight is 310 g/mol. The fourth-order valence-electron chi connectivity index (χ4n) is 1.88. The molecule has 104 valence electrons. The van der Waals surface area contributed by atoms with Gasteiger partial charge in [-0.15, -0.1) is 11.6 Å². The van der Waals surface area contributed by atoms with Crippen molar-refractivity contribution in [2.45, 2.75) is 18.7 Å². The van der Waals surface area contributed by atoms with Crippen LogP contribution in [0.4, 0.5) is 5.69 Å². The van der Waals surface area contributed by atoms with Gasteiger partial charge in [0.2, 0.25) is 0 Å². The van der Waals surface area contributed by atoms with Gasteiger partial charge < -0.3 is 0 Å². The number of nitro benzene ring substituents is 1. The van der Waals surface area contributed by atoms with Crippen LogP contribution in [0.25, 0.3) is 0 Å². The molecule has 0 saturated carbocycles. The Morgan fingerprint density at radius 2 is 1.85 bits per heavy atom. The predicted molar refractivity (Wildman–Crippen MR) is 81.6 cm³/mol. The van der Waals surface area contributed by atoms with Gasteiger partial charge in [-0.3, -0.25) is 10.1 Å². The third kappa shape index (κ3) is 3.50. The van der Waals surface area contributed by atoms with Crippen LogP contribution < -0.4 is 0 Å². The average Bonchev–Trinajstić information content (AvgIpc) is 2.42. The molecule has 20 heavy (non-hydrogen) atoms. The van der Waals surface area contributed by atoms with Gasteiger partial charge in [-0.1, -0.05) is 35.9 Å². The molecule has 0 aliphatic carbocycles. The van der Waals surface area contributed by atoms with Gasteiger partial charge in [0.05, 0.1) is 10.3 Å². The fraction of sp³-hybridized carbons (Fsp3) is 0.200. The number of aryl methyl sites for hydroxylation is 1. The smallest absolute Gasteiger partial charge is 0.258 e. The van der Waals surface area contributed by atoms with Gasteiger partial charge in [0, 0.05) is 17.2 Å². The summed E-state index contributed by atoms with van der Waals surface area (Å²) in [5.74, 6) is 0. The molecule has 0 saturated heterocycles. The molecule has 2 aromatic rings. The van der Waals surface area contributed by atoms with E-state index < -0.39 is 4.92 Å². The molecular weight excluding hydrogens is 297 g/mol. The standard InChI is InChI=1S/C15H13Cl2NO2/c1-10-2-5-12(9-14(10)16)15(17)8-11-3-6-13(7-4-11)18(19)20/h2-7,9,15H,8H2,1H3. The summed E-state index contributed by atoms with van der Waals surface area (Å²) >= 11 is 12.5. The zero-order valence-electron chi connectivity index (χ0n) is 10.8. The summed E-state index contributed by atoms with van der Waals surface area (Å²) in [6.07, 6.45) is 0.596. The minimum atomic E-state index is -0.415. The SMILES string of the molecule is Cc1ccc(C(Cl)Cc2ccc([N+](=O)[O-])cc2)cc1Cl. The van der Waals surface area contributed by atoms with Crippen molar-refractivity contribution in [3.8, 4) is 0 Å². The lowest BCUT2D eigenvalue weighted by molar-refractivity contribution is -0.384. The molecule has 0 radical (unpaired) electrons. The van der Waals surface area contributed by atoms with Gasteiger partial charge in [-0.2, -0.15) is 0 Å². The van der Waals surface area contributed by atoms with Gasteiger partial charge in [0.15, 0.2) is 0 Å². The molecule has 0 N–H and O–H groups in total. The molecule has 0 spiro atoms. The highest BCUT2D eigenvalue weighted by Crippen LogP contribution is 2.29. The molecule has 2 rings (SSSR count). The minimum Gasteiger partial charge on any atom is -0.258 e. The number of benzene rings is 2. The lowest BCUT2D eigenvalue weighted by Gasteiger charge is -2.11. The second-order valence-electron chi connectivity index (χ2n) is 4.60. The summed E-state index contributed by atoms with van der Waals surface area (Å²) < 4.78 is 0. The summed E-state index contributed by atoms with van der Waals surface area (Å²) in [6.45, 7) is 1.94. The van der Waals surface area contributed by atoms with Gasteiger partial charge in [-0.25, -0.2) is 0 Å². The molecule has 1 unspecified atom stereocenters. The number of hydrogen-bond acceptors (Lipinski definition) is 2. The second-order valence-corrected chi connectivity index (χ2v) is 5.54. The summed E-state index contributed by atoms with van der Waals surface area (Å²) in [5, 5.41) is 11.1. The maximum absolute atomic E-state index is 10.6. The van der Waals surface area contributed by atoms with Crippen molar-refractivity contribution in [3.05, 3.63) is 74.3 Å². The van der Waals surface area contributed by atoms with E-state index in [1.807, 2.05) is 25.1 Å². The third-order valence-corrected chi connectivity index (χ3v) is 3.93. The van der Waals surface area contributed by atoms with Crippen LogP contribution in [0.5, 0.6) is 0 Å². The molecule has 0 bridgehead atoms. The number of halogens is 2. The Hall–Kier alpha value is -1.58. The zero-order chi connectivity index (χ0) is 14.7. The van der Waals surface area contributed by atoms with Crippen LogP contribution in [0, 0.1) is 17.0 Å². The summed E-state index contributed by atoms with van der Waals surface area (Å²) in [6, 6.07) is 12.2. The Morgan fingerprint density at radius 3 is 2.40 bits per heavy atom. The van der Waals surface area contributed by atoms with Gasteiger partial charge in [-0.05, 0) is 36.1 Å². The maximum atomic E-state index is 10.6. The minimum absolute atomic E-state index is 0.0817. The topological polar surface area (TPSA) is 43.1 Å².